The first-order valence-corrected chi connectivity index (χ1v) is 9.14. The molecule has 1 saturated heterocycles. The summed E-state index contributed by atoms with van der Waals surface area (Å²) in [5, 5.41) is 7.22. The number of hydrogen-bond donors (Lipinski definition) is 1. The fourth-order valence-electron chi connectivity index (χ4n) is 3.26. The highest BCUT2D eigenvalue weighted by atomic mass is 19.1. The topological polar surface area (TPSA) is 91.0 Å². The molecule has 9 heteroatoms. The van der Waals surface area contributed by atoms with Crippen LogP contribution in [0.2, 0.25) is 0 Å². The first-order chi connectivity index (χ1) is 13.6. The number of rotatable bonds is 6. The predicted octanol–water partition coefficient (Wildman–Crippen LogP) is 1.08. The van der Waals surface area contributed by atoms with Crippen molar-refractivity contribution < 1.29 is 13.9 Å². The molecule has 4 rings (SSSR count). The quantitative estimate of drug-likeness (QED) is 0.686. The number of carbonyl (C=O) groups is 1. The van der Waals surface area contributed by atoms with E-state index in [2.05, 4.69) is 15.4 Å². The Kier molecular flexibility index (Phi) is 5.16. The maximum absolute atomic E-state index is 13.9. The van der Waals surface area contributed by atoms with Crippen LogP contribution in [0.25, 0.3) is 11.0 Å². The number of nitrogens with one attached hydrogen (secondary N) is 1. The summed E-state index contributed by atoms with van der Waals surface area (Å²) in [6.07, 6.45) is 4.67. The van der Waals surface area contributed by atoms with Crippen molar-refractivity contribution in [2.45, 2.75) is 32.0 Å². The third-order valence-corrected chi connectivity index (χ3v) is 4.77. The lowest BCUT2D eigenvalue weighted by molar-refractivity contribution is -0.122. The van der Waals surface area contributed by atoms with Crippen LogP contribution < -0.4 is 10.9 Å². The second-order valence-electron chi connectivity index (χ2n) is 6.75. The average molecular weight is 385 g/mol. The molecule has 1 amide bonds. The number of fused-ring (bicyclic) bond motifs is 1. The van der Waals surface area contributed by atoms with Gasteiger partial charge in [-0.05, 0) is 18.9 Å². The monoisotopic (exact) mass is 385 g/mol. The lowest BCUT2D eigenvalue weighted by Crippen LogP contribution is -2.36. The van der Waals surface area contributed by atoms with Gasteiger partial charge >= 0.3 is 0 Å². The summed E-state index contributed by atoms with van der Waals surface area (Å²) in [5.74, 6) is -0.625. The predicted molar refractivity (Wildman–Crippen MR) is 99.3 cm³/mol. The molecule has 3 heterocycles. The molecular formula is C19H20FN5O3. The van der Waals surface area contributed by atoms with Gasteiger partial charge in [-0.2, -0.15) is 5.10 Å². The van der Waals surface area contributed by atoms with Gasteiger partial charge in [-0.25, -0.2) is 14.1 Å². The van der Waals surface area contributed by atoms with Crippen molar-refractivity contribution in [3.8, 4) is 0 Å². The largest absolute Gasteiger partial charge is 0.376 e. The van der Waals surface area contributed by atoms with Gasteiger partial charge in [0.05, 0.1) is 18.8 Å². The van der Waals surface area contributed by atoms with Crippen LogP contribution >= 0.6 is 0 Å². The Morgan fingerprint density at radius 2 is 2.21 bits per heavy atom. The van der Waals surface area contributed by atoms with Crippen LogP contribution in [0.4, 0.5) is 4.39 Å². The van der Waals surface area contributed by atoms with E-state index in [0.717, 1.165) is 19.4 Å². The molecule has 0 aliphatic carbocycles. The van der Waals surface area contributed by atoms with Gasteiger partial charge in [0.1, 0.15) is 24.1 Å². The highest BCUT2D eigenvalue weighted by Crippen LogP contribution is 2.12. The number of carbonyl (C=O) groups excluding carboxylic acids is 1. The van der Waals surface area contributed by atoms with Crippen LogP contribution in [0.1, 0.15) is 18.4 Å². The SMILES string of the molecule is O=C(Cn1cnc2c(cnn2Cc2ccccc2F)c1=O)NC[C@H]1CCCO1. The smallest absolute Gasteiger partial charge is 0.264 e. The van der Waals surface area contributed by atoms with Crippen LogP contribution in [-0.4, -0.2) is 44.5 Å². The third-order valence-electron chi connectivity index (χ3n) is 4.77. The molecule has 2 aromatic heterocycles. The maximum Gasteiger partial charge on any atom is 0.264 e. The van der Waals surface area contributed by atoms with E-state index in [0.29, 0.717) is 17.8 Å². The second kappa shape index (κ2) is 7.89. The van der Waals surface area contributed by atoms with Crippen LogP contribution in [0.5, 0.6) is 0 Å². The number of hydrogen-bond acceptors (Lipinski definition) is 5. The fourth-order valence-corrected chi connectivity index (χ4v) is 3.26. The molecule has 3 aromatic rings. The van der Waals surface area contributed by atoms with E-state index in [1.807, 2.05) is 0 Å². The van der Waals surface area contributed by atoms with E-state index in [9.17, 15) is 14.0 Å². The van der Waals surface area contributed by atoms with Gasteiger partial charge in [0, 0.05) is 18.7 Å². The van der Waals surface area contributed by atoms with Crippen molar-refractivity contribution in [3.63, 3.8) is 0 Å². The zero-order chi connectivity index (χ0) is 19.5. The van der Waals surface area contributed by atoms with Gasteiger partial charge in [-0.3, -0.25) is 14.2 Å². The lowest BCUT2D eigenvalue weighted by Gasteiger charge is -2.11. The summed E-state index contributed by atoms with van der Waals surface area (Å²) in [6.45, 7) is 1.18. The Morgan fingerprint density at radius 3 is 3.00 bits per heavy atom. The van der Waals surface area contributed by atoms with Crippen molar-refractivity contribution >= 4 is 16.9 Å². The van der Waals surface area contributed by atoms with Gasteiger partial charge in [-0.15, -0.1) is 0 Å². The summed E-state index contributed by atoms with van der Waals surface area (Å²) < 4.78 is 22.0. The van der Waals surface area contributed by atoms with Gasteiger partial charge in [0.15, 0.2) is 5.65 Å². The Balaban J connectivity index is 1.49. The number of amides is 1. The second-order valence-corrected chi connectivity index (χ2v) is 6.75. The molecule has 146 valence electrons. The molecule has 1 aliphatic rings. The van der Waals surface area contributed by atoms with Gasteiger partial charge in [-0.1, -0.05) is 18.2 Å². The van der Waals surface area contributed by atoms with E-state index in [1.165, 1.54) is 27.8 Å². The number of aromatic nitrogens is 4. The third kappa shape index (κ3) is 3.79. The normalized spacial score (nSPS) is 16.5. The minimum atomic E-state index is -0.364. The summed E-state index contributed by atoms with van der Waals surface area (Å²) in [4.78, 5) is 29.0. The van der Waals surface area contributed by atoms with Crippen molar-refractivity contribution in [2.24, 2.45) is 0 Å². The molecule has 0 bridgehead atoms. The van der Waals surface area contributed by atoms with Crippen LogP contribution in [0.15, 0.2) is 41.6 Å². The van der Waals surface area contributed by atoms with Crippen molar-refractivity contribution in [3.05, 3.63) is 58.5 Å². The van der Waals surface area contributed by atoms with Gasteiger partial charge < -0.3 is 10.1 Å². The van der Waals surface area contributed by atoms with Gasteiger partial charge in [0.2, 0.25) is 5.91 Å². The zero-order valence-corrected chi connectivity index (χ0v) is 15.2. The highest BCUT2D eigenvalue weighted by Gasteiger charge is 2.17. The molecular weight excluding hydrogens is 365 g/mol. The van der Waals surface area contributed by atoms with E-state index in [4.69, 9.17) is 4.74 Å². The zero-order valence-electron chi connectivity index (χ0n) is 15.2. The molecule has 1 fully saturated rings. The summed E-state index contributed by atoms with van der Waals surface area (Å²) >= 11 is 0. The molecule has 28 heavy (non-hydrogen) atoms. The molecule has 0 radical (unpaired) electrons. The Labute approximate surface area is 159 Å². The number of ether oxygens (including phenoxy) is 1. The van der Waals surface area contributed by atoms with Crippen LogP contribution in [0.3, 0.4) is 0 Å². The van der Waals surface area contributed by atoms with E-state index >= 15 is 0 Å². The molecule has 0 spiro atoms. The molecule has 8 nitrogen and oxygen atoms in total. The van der Waals surface area contributed by atoms with Crippen LogP contribution in [0, 0.1) is 5.82 Å². The highest BCUT2D eigenvalue weighted by molar-refractivity contribution is 5.77. The molecule has 0 saturated carbocycles. The minimum Gasteiger partial charge on any atom is -0.376 e. The number of halogens is 1. The fraction of sp³-hybridized carbons (Fsp3) is 0.368. The first kappa shape index (κ1) is 18.3. The molecule has 1 N–H and O–H groups in total. The maximum atomic E-state index is 13.9. The summed E-state index contributed by atoms with van der Waals surface area (Å²) in [6, 6.07) is 6.37. The Morgan fingerprint density at radius 1 is 1.36 bits per heavy atom. The standard InChI is InChI=1S/C19H20FN5O3/c20-16-6-2-1-4-13(16)10-25-18-15(9-23-25)19(27)24(12-22-18)11-17(26)21-8-14-5-3-7-28-14/h1-2,4,6,9,12,14H,3,5,7-8,10-11H2,(H,21,26)/t14-/m1/s1. The summed E-state index contributed by atoms with van der Waals surface area (Å²) in [5.41, 5.74) is 0.438. The minimum absolute atomic E-state index is 0.0397. The van der Waals surface area contributed by atoms with E-state index in [-0.39, 0.29) is 41.9 Å². The Bertz CT molecular complexity index is 1060. The molecule has 0 unspecified atom stereocenters. The van der Waals surface area contributed by atoms with Crippen molar-refractivity contribution in [1.29, 1.82) is 0 Å². The van der Waals surface area contributed by atoms with E-state index < -0.39 is 0 Å². The van der Waals surface area contributed by atoms with Crippen molar-refractivity contribution in [2.75, 3.05) is 13.2 Å². The van der Waals surface area contributed by atoms with Crippen molar-refractivity contribution in [1.82, 2.24) is 24.6 Å². The number of benzene rings is 1. The van der Waals surface area contributed by atoms with E-state index in [1.54, 1.807) is 18.2 Å². The molecule has 1 atom stereocenters. The van der Waals surface area contributed by atoms with Crippen LogP contribution in [-0.2, 0) is 22.6 Å². The van der Waals surface area contributed by atoms with Gasteiger partial charge in [0.25, 0.3) is 5.56 Å². The summed E-state index contributed by atoms with van der Waals surface area (Å²) in [7, 11) is 0. The number of nitrogens with zero attached hydrogens (tertiary/aromatic N) is 4. The average Bonchev–Trinajstić information content (AvgIpc) is 3.35. The lowest BCUT2D eigenvalue weighted by atomic mass is 10.2. The molecule has 1 aromatic carbocycles. The first-order valence-electron chi connectivity index (χ1n) is 9.14. The Hall–Kier alpha value is -3.07. The molecule has 1 aliphatic heterocycles.